The molecule has 5 nitrogen and oxygen atoms in total. The molecule has 0 fully saturated rings. The number of carbonyl (C=O) groups is 1. The van der Waals surface area contributed by atoms with Gasteiger partial charge in [-0.1, -0.05) is 12.1 Å². The molecule has 0 spiro atoms. The van der Waals surface area contributed by atoms with Crippen LogP contribution < -0.4 is 4.90 Å². The van der Waals surface area contributed by atoms with Gasteiger partial charge in [-0.3, -0.25) is 0 Å². The van der Waals surface area contributed by atoms with Crippen molar-refractivity contribution in [3.8, 4) is 0 Å². The molecule has 1 aromatic rings. The van der Waals surface area contributed by atoms with Gasteiger partial charge in [0.05, 0.1) is 5.69 Å². The zero-order valence-corrected chi connectivity index (χ0v) is 9.22. The Morgan fingerprint density at radius 1 is 1.31 bits per heavy atom. The van der Waals surface area contributed by atoms with Crippen molar-refractivity contribution in [2.45, 2.75) is 11.3 Å². The van der Waals surface area contributed by atoms with E-state index < -0.39 is 10.0 Å². The third-order valence-electron chi connectivity index (χ3n) is 2.27. The average molecular weight is 238 g/mol. The number of para-hydroxylation sites is 1. The summed E-state index contributed by atoms with van der Waals surface area (Å²) in [5.74, 6) is 0. The topological polar surface area (TPSA) is 66.8 Å². The van der Waals surface area contributed by atoms with Gasteiger partial charge in [-0.2, -0.15) is 8.42 Å². The van der Waals surface area contributed by atoms with Crippen molar-refractivity contribution in [2.24, 2.45) is 4.40 Å². The number of hydrogen-bond donors (Lipinski definition) is 0. The maximum absolute atomic E-state index is 11.6. The van der Waals surface area contributed by atoms with Gasteiger partial charge in [0.15, 0.2) is 0 Å². The third-order valence-corrected chi connectivity index (χ3v) is 3.54. The van der Waals surface area contributed by atoms with Crippen LogP contribution in [0.1, 0.15) is 6.42 Å². The molecule has 16 heavy (non-hydrogen) atoms. The summed E-state index contributed by atoms with van der Waals surface area (Å²) >= 11 is 0. The van der Waals surface area contributed by atoms with Crippen molar-refractivity contribution in [2.75, 3.05) is 11.4 Å². The van der Waals surface area contributed by atoms with Crippen LogP contribution in [0, 0.1) is 0 Å². The zero-order valence-electron chi connectivity index (χ0n) is 8.41. The first-order valence-electron chi connectivity index (χ1n) is 4.75. The highest BCUT2D eigenvalue weighted by atomic mass is 32.2. The Balaban J connectivity index is 2.45. The van der Waals surface area contributed by atoms with Crippen molar-refractivity contribution in [3.05, 3.63) is 24.3 Å². The second kappa shape index (κ2) is 4.05. The molecule has 0 bridgehead atoms. The standard InChI is InChI=1S/C10H10N2O3S/c13-7-3-6-12-8-11-16(14,15)10-5-2-1-4-9(10)12/h1-2,4-5,7-8H,3,6H2. The first kappa shape index (κ1) is 10.8. The van der Waals surface area contributed by atoms with Crippen LogP contribution in [0.4, 0.5) is 5.69 Å². The number of carbonyl (C=O) groups excluding carboxylic acids is 1. The number of benzene rings is 1. The summed E-state index contributed by atoms with van der Waals surface area (Å²) in [5.41, 5.74) is 0.569. The van der Waals surface area contributed by atoms with Crippen LogP contribution in [0.15, 0.2) is 33.6 Å². The van der Waals surface area contributed by atoms with E-state index in [1.807, 2.05) is 0 Å². The summed E-state index contributed by atoms with van der Waals surface area (Å²) in [6, 6.07) is 6.61. The molecular formula is C10H10N2O3S. The van der Waals surface area contributed by atoms with Gasteiger partial charge in [0.2, 0.25) is 0 Å². The van der Waals surface area contributed by atoms with Crippen LogP contribution in [-0.2, 0) is 14.8 Å². The Hall–Kier alpha value is -1.69. The van der Waals surface area contributed by atoms with E-state index in [2.05, 4.69) is 4.40 Å². The van der Waals surface area contributed by atoms with Crippen LogP contribution in [0.5, 0.6) is 0 Å². The van der Waals surface area contributed by atoms with Gasteiger partial charge in [-0.15, -0.1) is 4.40 Å². The lowest BCUT2D eigenvalue weighted by atomic mass is 10.3. The molecule has 0 saturated heterocycles. The summed E-state index contributed by atoms with van der Waals surface area (Å²) in [7, 11) is -3.56. The van der Waals surface area contributed by atoms with E-state index in [4.69, 9.17) is 0 Å². The van der Waals surface area contributed by atoms with Crippen LogP contribution in [0.2, 0.25) is 0 Å². The minimum Gasteiger partial charge on any atom is -0.330 e. The minimum atomic E-state index is -3.56. The van der Waals surface area contributed by atoms with Gasteiger partial charge < -0.3 is 9.69 Å². The molecule has 0 saturated carbocycles. The monoisotopic (exact) mass is 238 g/mol. The summed E-state index contributed by atoms with van der Waals surface area (Å²) in [4.78, 5) is 12.1. The van der Waals surface area contributed by atoms with Gasteiger partial charge in [-0.25, -0.2) is 0 Å². The lowest BCUT2D eigenvalue weighted by Crippen LogP contribution is -2.28. The van der Waals surface area contributed by atoms with Crippen molar-refractivity contribution in [1.29, 1.82) is 0 Å². The third kappa shape index (κ3) is 1.83. The summed E-state index contributed by atoms with van der Waals surface area (Å²) in [5, 5.41) is 0. The molecule has 0 N–H and O–H groups in total. The molecule has 1 heterocycles. The van der Waals surface area contributed by atoms with E-state index in [0.717, 1.165) is 6.29 Å². The summed E-state index contributed by atoms with van der Waals surface area (Å²) in [6.45, 7) is 0.430. The molecule has 1 aromatic carbocycles. The van der Waals surface area contributed by atoms with Gasteiger partial charge in [0.25, 0.3) is 10.0 Å². The molecule has 84 valence electrons. The Labute approximate surface area is 93.5 Å². The number of fused-ring (bicyclic) bond motifs is 1. The Morgan fingerprint density at radius 3 is 2.81 bits per heavy atom. The molecule has 0 aromatic heterocycles. The van der Waals surface area contributed by atoms with E-state index in [-0.39, 0.29) is 4.90 Å². The zero-order chi connectivity index (χ0) is 11.6. The fourth-order valence-corrected chi connectivity index (χ4v) is 2.57. The lowest BCUT2D eigenvalue weighted by Gasteiger charge is -2.23. The molecule has 2 rings (SSSR count). The Morgan fingerprint density at radius 2 is 2.06 bits per heavy atom. The molecule has 0 amide bonds. The first-order valence-corrected chi connectivity index (χ1v) is 6.19. The van der Waals surface area contributed by atoms with Crippen LogP contribution in [-0.4, -0.2) is 27.6 Å². The number of sulfonamides is 1. The highest BCUT2D eigenvalue weighted by Gasteiger charge is 2.24. The second-order valence-electron chi connectivity index (χ2n) is 3.31. The molecular weight excluding hydrogens is 228 g/mol. The maximum Gasteiger partial charge on any atom is 0.285 e. The highest BCUT2D eigenvalue weighted by Crippen LogP contribution is 2.28. The molecule has 0 aliphatic carbocycles. The Bertz CT molecular complexity index is 537. The maximum atomic E-state index is 11.6. The van der Waals surface area contributed by atoms with E-state index in [1.54, 1.807) is 23.1 Å². The number of hydrogen-bond acceptors (Lipinski definition) is 4. The number of nitrogens with zero attached hydrogens (tertiary/aromatic N) is 2. The fourth-order valence-electron chi connectivity index (χ4n) is 1.52. The second-order valence-corrected chi connectivity index (χ2v) is 4.91. The molecule has 1 aliphatic heterocycles. The van der Waals surface area contributed by atoms with Crippen molar-refractivity contribution in [3.63, 3.8) is 0 Å². The van der Waals surface area contributed by atoms with Crippen LogP contribution in [0.3, 0.4) is 0 Å². The smallest absolute Gasteiger partial charge is 0.285 e. The summed E-state index contributed by atoms with van der Waals surface area (Å²) in [6.07, 6.45) is 2.38. The van der Waals surface area contributed by atoms with E-state index in [1.165, 1.54) is 12.4 Å². The van der Waals surface area contributed by atoms with Crippen LogP contribution >= 0.6 is 0 Å². The lowest BCUT2D eigenvalue weighted by molar-refractivity contribution is -0.107. The van der Waals surface area contributed by atoms with Crippen molar-refractivity contribution >= 4 is 28.3 Å². The number of aldehydes is 1. The number of anilines is 1. The largest absolute Gasteiger partial charge is 0.330 e. The predicted molar refractivity (Wildman–Crippen MR) is 60.1 cm³/mol. The molecule has 1 aliphatic rings. The molecule has 0 unspecified atom stereocenters. The van der Waals surface area contributed by atoms with Gasteiger partial charge in [0.1, 0.15) is 17.5 Å². The van der Waals surface area contributed by atoms with E-state index in [0.29, 0.717) is 18.7 Å². The van der Waals surface area contributed by atoms with E-state index >= 15 is 0 Å². The van der Waals surface area contributed by atoms with Crippen molar-refractivity contribution in [1.82, 2.24) is 0 Å². The normalized spacial score (nSPS) is 16.9. The van der Waals surface area contributed by atoms with Gasteiger partial charge >= 0.3 is 0 Å². The average Bonchev–Trinajstić information content (AvgIpc) is 2.29. The van der Waals surface area contributed by atoms with Gasteiger partial charge in [-0.05, 0) is 12.1 Å². The molecule has 6 heteroatoms. The summed E-state index contributed by atoms with van der Waals surface area (Å²) < 4.78 is 26.7. The predicted octanol–water partition coefficient (Wildman–Crippen LogP) is 0.813. The Kier molecular flexibility index (Phi) is 2.74. The van der Waals surface area contributed by atoms with E-state index in [9.17, 15) is 13.2 Å². The highest BCUT2D eigenvalue weighted by molar-refractivity contribution is 7.90. The SMILES string of the molecule is O=CCCN1C=NS(=O)(=O)c2ccccc21. The van der Waals surface area contributed by atoms with Crippen LogP contribution in [0.25, 0.3) is 0 Å². The molecule has 0 radical (unpaired) electrons. The molecule has 0 atom stereocenters. The first-order chi connectivity index (χ1) is 7.65. The van der Waals surface area contributed by atoms with Crippen molar-refractivity contribution < 1.29 is 13.2 Å². The van der Waals surface area contributed by atoms with Gasteiger partial charge in [0, 0.05) is 13.0 Å². The number of rotatable bonds is 3. The minimum absolute atomic E-state index is 0.184. The fraction of sp³-hybridized carbons (Fsp3) is 0.200. The quantitative estimate of drug-likeness (QED) is 0.731.